The van der Waals surface area contributed by atoms with Gasteiger partial charge in [0.25, 0.3) is 0 Å². The Balaban J connectivity index is 2.39. The van der Waals surface area contributed by atoms with Gasteiger partial charge in [-0.15, -0.1) is 0 Å². The van der Waals surface area contributed by atoms with E-state index in [4.69, 9.17) is 4.74 Å². The molecule has 0 spiro atoms. The number of hydrogen-bond acceptors (Lipinski definition) is 4. The second-order valence-corrected chi connectivity index (χ2v) is 4.47. The predicted molar refractivity (Wildman–Crippen MR) is 64.4 cm³/mol. The van der Waals surface area contributed by atoms with Crippen molar-refractivity contribution >= 4 is 5.97 Å². The standard InChI is InChI=1S/C12H24N2O2/c1-4-16-12(15)11(13-2)9-14(3)10-7-5-6-8-10/h10-11,13H,4-9H2,1-3H3. The summed E-state index contributed by atoms with van der Waals surface area (Å²) in [5.74, 6) is -0.144. The first-order valence-corrected chi connectivity index (χ1v) is 6.23. The van der Waals surface area contributed by atoms with Gasteiger partial charge >= 0.3 is 5.97 Å². The summed E-state index contributed by atoms with van der Waals surface area (Å²) < 4.78 is 5.03. The molecule has 0 heterocycles. The van der Waals surface area contributed by atoms with Gasteiger partial charge in [-0.1, -0.05) is 12.8 Å². The largest absolute Gasteiger partial charge is 0.465 e. The maximum atomic E-state index is 11.6. The Morgan fingerprint density at radius 1 is 1.50 bits per heavy atom. The molecule has 0 amide bonds. The number of nitrogens with zero attached hydrogens (tertiary/aromatic N) is 1. The third kappa shape index (κ3) is 3.76. The summed E-state index contributed by atoms with van der Waals surface area (Å²) in [6.45, 7) is 3.02. The summed E-state index contributed by atoms with van der Waals surface area (Å²) in [4.78, 5) is 13.9. The molecule has 94 valence electrons. The van der Waals surface area contributed by atoms with Crippen LogP contribution in [0.15, 0.2) is 0 Å². The van der Waals surface area contributed by atoms with Crippen LogP contribution in [0.25, 0.3) is 0 Å². The topological polar surface area (TPSA) is 41.6 Å². The van der Waals surface area contributed by atoms with Gasteiger partial charge in [0, 0.05) is 12.6 Å². The van der Waals surface area contributed by atoms with Crippen LogP contribution >= 0.6 is 0 Å². The van der Waals surface area contributed by atoms with E-state index in [1.165, 1.54) is 25.7 Å². The van der Waals surface area contributed by atoms with Gasteiger partial charge in [-0.3, -0.25) is 4.79 Å². The smallest absolute Gasteiger partial charge is 0.324 e. The molecular formula is C12H24N2O2. The summed E-state index contributed by atoms with van der Waals surface area (Å²) in [5, 5.41) is 3.02. The van der Waals surface area contributed by atoms with Gasteiger partial charge in [0.2, 0.25) is 0 Å². The molecule has 16 heavy (non-hydrogen) atoms. The zero-order valence-electron chi connectivity index (χ0n) is 10.7. The van der Waals surface area contributed by atoms with Gasteiger partial charge in [-0.25, -0.2) is 0 Å². The van der Waals surface area contributed by atoms with Crippen molar-refractivity contribution in [3.8, 4) is 0 Å². The maximum absolute atomic E-state index is 11.6. The van der Waals surface area contributed by atoms with Crippen molar-refractivity contribution in [1.82, 2.24) is 10.2 Å². The van der Waals surface area contributed by atoms with Crippen molar-refractivity contribution in [3.63, 3.8) is 0 Å². The molecule has 1 rings (SSSR count). The molecule has 0 bridgehead atoms. The van der Waals surface area contributed by atoms with Gasteiger partial charge in [-0.05, 0) is 33.9 Å². The molecular weight excluding hydrogens is 204 g/mol. The quantitative estimate of drug-likeness (QED) is 0.689. The second-order valence-electron chi connectivity index (χ2n) is 4.47. The van der Waals surface area contributed by atoms with Gasteiger partial charge in [0.15, 0.2) is 0 Å². The second kappa shape index (κ2) is 6.86. The molecule has 1 unspecified atom stereocenters. The number of esters is 1. The molecule has 4 heteroatoms. The molecule has 0 aromatic heterocycles. The molecule has 1 fully saturated rings. The number of hydrogen-bond donors (Lipinski definition) is 1. The summed E-state index contributed by atoms with van der Waals surface area (Å²) in [6, 6.07) is 0.441. The average Bonchev–Trinajstić information content (AvgIpc) is 2.79. The predicted octanol–water partition coefficient (Wildman–Crippen LogP) is 1.01. The zero-order chi connectivity index (χ0) is 12.0. The third-order valence-corrected chi connectivity index (χ3v) is 3.34. The number of nitrogens with one attached hydrogen (secondary N) is 1. The Bertz CT molecular complexity index is 215. The lowest BCUT2D eigenvalue weighted by molar-refractivity contribution is -0.146. The van der Waals surface area contributed by atoms with Crippen LogP contribution in [0.3, 0.4) is 0 Å². The monoisotopic (exact) mass is 228 g/mol. The van der Waals surface area contributed by atoms with Crippen molar-refractivity contribution < 1.29 is 9.53 Å². The normalized spacial score (nSPS) is 19.0. The molecule has 0 radical (unpaired) electrons. The number of ether oxygens (including phenoxy) is 1. The molecule has 0 aromatic rings. The minimum absolute atomic E-state index is 0.144. The Labute approximate surface area is 98.3 Å². The van der Waals surface area contributed by atoms with E-state index in [0.29, 0.717) is 12.6 Å². The highest BCUT2D eigenvalue weighted by Crippen LogP contribution is 2.22. The lowest BCUT2D eigenvalue weighted by Crippen LogP contribution is -2.46. The van der Waals surface area contributed by atoms with E-state index in [2.05, 4.69) is 17.3 Å². The van der Waals surface area contributed by atoms with E-state index in [9.17, 15) is 4.79 Å². The summed E-state index contributed by atoms with van der Waals surface area (Å²) >= 11 is 0. The molecule has 1 atom stereocenters. The van der Waals surface area contributed by atoms with Crippen molar-refractivity contribution in [3.05, 3.63) is 0 Å². The minimum atomic E-state index is -0.203. The average molecular weight is 228 g/mol. The Hall–Kier alpha value is -0.610. The minimum Gasteiger partial charge on any atom is -0.465 e. The number of likely N-dealkylation sites (N-methyl/N-ethyl adjacent to an activating group) is 2. The van der Waals surface area contributed by atoms with Crippen LogP contribution in [0.4, 0.5) is 0 Å². The Morgan fingerprint density at radius 2 is 2.12 bits per heavy atom. The highest BCUT2D eigenvalue weighted by atomic mass is 16.5. The van der Waals surface area contributed by atoms with Crippen LogP contribution in [-0.4, -0.2) is 50.2 Å². The van der Waals surface area contributed by atoms with Crippen molar-refractivity contribution in [2.24, 2.45) is 0 Å². The van der Waals surface area contributed by atoms with E-state index in [1.807, 2.05) is 14.0 Å². The van der Waals surface area contributed by atoms with Gasteiger partial charge in [0.1, 0.15) is 6.04 Å². The van der Waals surface area contributed by atoms with Crippen molar-refractivity contribution in [1.29, 1.82) is 0 Å². The van der Waals surface area contributed by atoms with Crippen LogP contribution in [0.2, 0.25) is 0 Å². The first kappa shape index (κ1) is 13.5. The van der Waals surface area contributed by atoms with Gasteiger partial charge < -0.3 is 15.0 Å². The van der Waals surface area contributed by atoms with E-state index >= 15 is 0 Å². The molecule has 0 aliphatic heterocycles. The fraction of sp³-hybridized carbons (Fsp3) is 0.917. The van der Waals surface area contributed by atoms with Crippen LogP contribution in [0.5, 0.6) is 0 Å². The molecule has 4 nitrogen and oxygen atoms in total. The van der Waals surface area contributed by atoms with Crippen molar-refractivity contribution in [2.75, 3.05) is 27.2 Å². The lowest BCUT2D eigenvalue weighted by Gasteiger charge is -2.27. The van der Waals surface area contributed by atoms with Crippen LogP contribution in [-0.2, 0) is 9.53 Å². The van der Waals surface area contributed by atoms with Crippen LogP contribution in [0, 0.1) is 0 Å². The fourth-order valence-corrected chi connectivity index (χ4v) is 2.31. The fourth-order valence-electron chi connectivity index (χ4n) is 2.31. The SMILES string of the molecule is CCOC(=O)C(CN(C)C1CCCC1)NC. The van der Waals surface area contributed by atoms with E-state index < -0.39 is 0 Å². The Kier molecular flexibility index (Phi) is 5.77. The van der Waals surface area contributed by atoms with E-state index in [1.54, 1.807) is 0 Å². The summed E-state index contributed by atoms with van der Waals surface area (Å²) in [6.07, 6.45) is 5.16. The molecule has 1 saturated carbocycles. The zero-order valence-corrected chi connectivity index (χ0v) is 10.7. The number of carbonyl (C=O) groups excluding carboxylic acids is 1. The molecule has 0 aromatic carbocycles. The van der Waals surface area contributed by atoms with E-state index in [-0.39, 0.29) is 12.0 Å². The van der Waals surface area contributed by atoms with Crippen LogP contribution < -0.4 is 5.32 Å². The molecule has 0 saturated heterocycles. The Morgan fingerprint density at radius 3 is 2.62 bits per heavy atom. The van der Waals surface area contributed by atoms with Crippen molar-refractivity contribution in [2.45, 2.75) is 44.7 Å². The number of rotatable bonds is 6. The van der Waals surface area contributed by atoms with Crippen LogP contribution in [0.1, 0.15) is 32.6 Å². The summed E-state index contributed by atoms with van der Waals surface area (Å²) in [7, 11) is 3.91. The maximum Gasteiger partial charge on any atom is 0.324 e. The molecule has 1 aliphatic rings. The molecule has 1 aliphatic carbocycles. The first-order chi connectivity index (χ1) is 7.69. The first-order valence-electron chi connectivity index (χ1n) is 6.23. The van der Waals surface area contributed by atoms with Gasteiger partial charge in [-0.2, -0.15) is 0 Å². The lowest BCUT2D eigenvalue weighted by atomic mass is 10.2. The summed E-state index contributed by atoms with van der Waals surface area (Å²) in [5.41, 5.74) is 0. The highest BCUT2D eigenvalue weighted by molar-refractivity contribution is 5.76. The number of carbonyl (C=O) groups is 1. The van der Waals surface area contributed by atoms with Gasteiger partial charge in [0.05, 0.1) is 6.61 Å². The van der Waals surface area contributed by atoms with E-state index in [0.717, 1.165) is 6.54 Å². The highest BCUT2D eigenvalue weighted by Gasteiger charge is 2.25. The molecule has 1 N–H and O–H groups in total. The third-order valence-electron chi connectivity index (χ3n) is 3.34.